The van der Waals surface area contributed by atoms with Crippen LogP contribution in [-0.4, -0.2) is 101 Å². The Morgan fingerprint density at radius 2 is 1.64 bits per heavy atom. The van der Waals surface area contributed by atoms with E-state index in [0.29, 0.717) is 44.4 Å². The van der Waals surface area contributed by atoms with Gasteiger partial charge in [-0.25, -0.2) is 10.5 Å². The van der Waals surface area contributed by atoms with E-state index in [0.717, 1.165) is 18.4 Å². The van der Waals surface area contributed by atoms with Crippen molar-refractivity contribution in [2.45, 2.75) is 137 Å². The molecule has 0 saturated carbocycles. The molecule has 0 spiro atoms. The van der Waals surface area contributed by atoms with Gasteiger partial charge in [0.15, 0.2) is 0 Å². The third kappa shape index (κ3) is 16.5. The highest BCUT2D eigenvalue weighted by atomic mass is 16.7. The van der Waals surface area contributed by atoms with Crippen LogP contribution in [0.5, 0.6) is 0 Å². The number of ether oxygens (including phenoxy) is 1. The lowest BCUT2D eigenvalue weighted by molar-refractivity contribution is -0.191. The molecule has 4 rings (SSSR count). The molecule has 14 nitrogen and oxygen atoms in total. The van der Waals surface area contributed by atoms with Crippen LogP contribution in [0.3, 0.4) is 0 Å². The minimum absolute atomic E-state index is 0.0784. The van der Waals surface area contributed by atoms with E-state index >= 15 is 0 Å². The minimum atomic E-state index is -1.12. The first-order valence-electron chi connectivity index (χ1n) is 22.0. The molecule has 2 saturated heterocycles. The summed E-state index contributed by atoms with van der Waals surface area (Å²) < 4.78 is 6.09. The number of carbonyl (C=O) groups is 6. The fraction of sp³-hybridized carbons (Fsp3) is 0.574. The molecule has 14 heteroatoms. The molecule has 3 aliphatic heterocycles. The number of hydrogen-bond acceptors (Lipinski definition) is 10. The summed E-state index contributed by atoms with van der Waals surface area (Å²) in [6.45, 7) is 13.9. The van der Waals surface area contributed by atoms with E-state index in [1.165, 1.54) is 23.1 Å². The van der Waals surface area contributed by atoms with Crippen molar-refractivity contribution in [1.82, 2.24) is 26.1 Å². The van der Waals surface area contributed by atoms with Crippen molar-refractivity contribution in [2.24, 2.45) is 17.8 Å². The molecule has 7 atom stereocenters. The van der Waals surface area contributed by atoms with Gasteiger partial charge in [0.1, 0.15) is 30.0 Å². The average molecular weight is 848 g/mol. The van der Waals surface area contributed by atoms with Crippen LogP contribution in [0.25, 0.3) is 0 Å². The van der Waals surface area contributed by atoms with E-state index in [1.54, 1.807) is 26.0 Å². The molecule has 3 aliphatic rings. The molecule has 61 heavy (non-hydrogen) atoms. The van der Waals surface area contributed by atoms with Crippen LogP contribution in [0, 0.1) is 17.8 Å². The predicted molar refractivity (Wildman–Crippen MR) is 234 cm³/mol. The Bertz CT molecular complexity index is 1720. The summed E-state index contributed by atoms with van der Waals surface area (Å²) in [4.78, 5) is 86.2. The zero-order valence-corrected chi connectivity index (χ0v) is 37.1. The number of hydroxylamine groups is 2. The van der Waals surface area contributed by atoms with Crippen molar-refractivity contribution in [3.63, 3.8) is 0 Å². The highest BCUT2D eigenvalue weighted by Crippen LogP contribution is 2.24. The van der Waals surface area contributed by atoms with Crippen LogP contribution < -0.4 is 16.1 Å². The number of hydrazine groups is 1. The predicted octanol–water partition coefficient (Wildman–Crippen LogP) is 5.23. The van der Waals surface area contributed by atoms with E-state index in [-0.39, 0.29) is 43.4 Å². The number of hydrogen-bond donors (Lipinski definition) is 4. The summed E-state index contributed by atoms with van der Waals surface area (Å²) >= 11 is 0. The van der Waals surface area contributed by atoms with Crippen molar-refractivity contribution in [2.75, 3.05) is 19.7 Å². The molecule has 0 radical (unpaired) electrons. The number of esters is 1. The maximum Gasteiger partial charge on any atom is 0.325 e. The highest BCUT2D eigenvalue weighted by Gasteiger charge is 2.38. The average Bonchev–Trinajstić information content (AvgIpc) is 3.26. The number of fused-ring (bicyclic) bond motifs is 2. The number of cyclic esters (lactones) is 1. The zero-order chi connectivity index (χ0) is 44.9. The number of ketones is 1. The van der Waals surface area contributed by atoms with Gasteiger partial charge in [-0.3, -0.25) is 33.8 Å². The number of allylic oxidation sites excluding steroid dienone is 5. The number of carbonyl (C=O) groups excluding carboxylic acids is 6. The summed E-state index contributed by atoms with van der Waals surface area (Å²) in [6.07, 6.45) is 13.9. The van der Waals surface area contributed by atoms with E-state index < -0.39 is 65.9 Å². The molecule has 2 fully saturated rings. The molecule has 4 amide bonds. The molecule has 0 aliphatic carbocycles. The van der Waals surface area contributed by atoms with Crippen molar-refractivity contribution in [3.05, 3.63) is 84.0 Å². The molecule has 1 aromatic carbocycles. The maximum atomic E-state index is 14.3. The zero-order valence-electron chi connectivity index (χ0n) is 37.1. The fourth-order valence-electron chi connectivity index (χ4n) is 7.21. The van der Waals surface area contributed by atoms with Gasteiger partial charge < -0.3 is 25.3 Å². The third-order valence-corrected chi connectivity index (χ3v) is 10.9. The largest absolute Gasteiger partial charge is 0.456 e. The molecule has 5 unspecified atom stereocenters. The molecule has 0 aromatic heterocycles. The van der Waals surface area contributed by atoms with Crippen molar-refractivity contribution >= 4 is 35.4 Å². The molecule has 336 valence electrons. The second-order valence-electron chi connectivity index (χ2n) is 16.1. The Kier molecular flexibility index (Phi) is 21.8. The van der Waals surface area contributed by atoms with Crippen molar-refractivity contribution in [3.8, 4) is 0 Å². The Morgan fingerprint density at radius 1 is 0.934 bits per heavy atom. The maximum absolute atomic E-state index is 14.3. The van der Waals surface area contributed by atoms with Crippen LogP contribution in [0.2, 0.25) is 0 Å². The molecule has 1 aromatic rings. The van der Waals surface area contributed by atoms with Crippen LogP contribution in [-0.2, 0) is 44.8 Å². The lowest BCUT2D eigenvalue weighted by atomic mass is 9.85. The van der Waals surface area contributed by atoms with Gasteiger partial charge in [0, 0.05) is 38.4 Å². The van der Waals surface area contributed by atoms with Crippen LogP contribution in [0.15, 0.2) is 78.4 Å². The fourth-order valence-corrected chi connectivity index (χ4v) is 7.21. The SMILES string of the molecule is CC.CC(=O)CC[C@H]1C(=O)NC(C(C)C)C(=O)NC(Cc2ccccc2)C(=O)N2CCCC(N2)C(=O)O[C@H](/C(C)=C/C=C/C(=O)N2CCCCO2)C/C=C/C=C/CC(C)C1O. The third-order valence-electron chi connectivity index (χ3n) is 10.9. The van der Waals surface area contributed by atoms with E-state index in [2.05, 4.69) is 16.1 Å². The van der Waals surface area contributed by atoms with Gasteiger partial charge >= 0.3 is 5.97 Å². The lowest BCUT2D eigenvalue weighted by Crippen LogP contribution is -2.62. The quantitative estimate of drug-likeness (QED) is 0.146. The number of Topliss-reactive ketones (excluding diaryl/α,β-unsaturated/α-hetero) is 1. The number of amides is 4. The Labute approximate surface area is 362 Å². The monoisotopic (exact) mass is 848 g/mol. The normalized spacial score (nSPS) is 27.7. The first-order chi connectivity index (χ1) is 29.2. The van der Waals surface area contributed by atoms with Gasteiger partial charge in [0.05, 0.1) is 18.6 Å². The van der Waals surface area contributed by atoms with Crippen LogP contribution >= 0.6 is 0 Å². The summed E-state index contributed by atoms with van der Waals surface area (Å²) in [5, 5.41) is 19.9. The first kappa shape index (κ1) is 50.4. The van der Waals surface area contributed by atoms with Gasteiger partial charge in [-0.2, -0.15) is 0 Å². The molecule has 4 N–H and O–H groups in total. The summed E-state index contributed by atoms with van der Waals surface area (Å²) in [6, 6.07) is 6.24. The van der Waals surface area contributed by atoms with Crippen LogP contribution in [0.1, 0.15) is 105 Å². The highest BCUT2D eigenvalue weighted by molar-refractivity contribution is 5.93. The number of aliphatic hydroxyl groups excluding tert-OH is 1. The number of nitrogens with zero attached hydrogens (tertiary/aromatic N) is 2. The van der Waals surface area contributed by atoms with Gasteiger partial charge in [-0.05, 0) is 75.3 Å². The van der Waals surface area contributed by atoms with E-state index in [9.17, 15) is 33.9 Å². The standard InChI is InChI=1S/C45H63N5O9.C2H6/c1-30(2)40-43(55)46-37(29-34-19-10-8-11-20-34)44(56)49-26-16-21-36(48-49)45(57)59-38(31(3)18-15-23-39(52)50-27-13-14-28-58-50)22-12-7-6-9-17-32(4)41(53)35(42(54)47-40)25-24-33(5)51;1-2/h6-12,15,18-20,23,30,32,35-38,40-41,48,53H,13-14,16-17,21-22,24-29H2,1-5H3,(H,46,55)(H,47,54);1-2H3/b9-6+,12-7+,23-15+,31-18+;/t32?,35-,36?,37?,38+,40?,41?;/m1./s1. The second-order valence-corrected chi connectivity index (χ2v) is 16.1. The first-order valence-corrected chi connectivity index (χ1v) is 22.0. The smallest absolute Gasteiger partial charge is 0.325 e. The lowest BCUT2D eigenvalue weighted by Gasteiger charge is -2.36. The van der Waals surface area contributed by atoms with Gasteiger partial charge in [0.2, 0.25) is 11.8 Å². The van der Waals surface area contributed by atoms with E-state index in [1.807, 2.05) is 82.3 Å². The van der Waals surface area contributed by atoms with Crippen molar-refractivity contribution in [1.29, 1.82) is 0 Å². The van der Waals surface area contributed by atoms with Gasteiger partial charge in [0.25, 0.3) is 11.8 Å². The Balaban J connectivity index is 0.00000489. The summed E-state index contributed by atoms with van der Waals surface area (Å²) in [5.74, 6) is -4.30. The van der Waals surface area contributed by atoms with E-state index in [4.69, 9.17) is 9.57 Å². The molecule has 3 heterocycles. The number of rotatable bonds is 9. The number of nitrogens with one attached hydrogen (secondary N) is 3. The summed E-state index contributed by atoms with van der Waals surface area (Å²) in [5.41, 5.74) is 4.54. The molecular formula is C47H69N5O9. The minimum Gasteiger partial charge on any atom is -0.456 e. The molecule has 2 bridgehead atoms. The second kappa shape index (κ2) is 26.4. The van der Waals surface area contributed by atoms with Gasteiger partial charge in [-0.15, -0.1) is 0 Å². The topological polar surface area (TPSA) is 184 Å². The van der Waals surface area contributed by atoms with Crippen molar-refractivity contribution < 1.29 is 43.4 Å². The molecular weight excluding hydrogens is 779 g/mol. The number of benzene rings is 1. The van der Waals surface area contributed by atoms with Gasteiger partial charge in [-0.1, -0.05) is 101 Å². The number of aliphatic hydroxyl groups is 1. The summed E-state index contributed by atoms with van der Waals surface area (Å²) in [7, 11) is 0. The Hall–Kier alpha value is -4.92. The van der Waals surface area contributed by atoms with Crippen LogP contribution in [0.4, 0.5) is 0 Å². The Morgan fingerprint density at radius 3 is 2.30 bits per heavy atom.